The summed E-state index contributed by atoms with van der Waals surface area (Å²) in [7, 11) is 1.43. The molecule has 0 aliphatic carbocycles. The number of benzene rings is 1. The molecular weight excluding hydrogens is 240 g/mol. The maximum atomic E-state index is 11.8. The minimum absolute atomic E-state index is 0.0620. The van der Waals surface area contributed by atoms with Crippen LogP contribution in [0.5, 0.6) is 0 Å². The van der Waals surface area contributed by atoms with E-state index in [1.165, 1.54) is 12.7 Å². The van der Waals surface area contributed by atoms with Crippen LogP contribution in [0, 0.1) is 0 Å². The second-order valence-electron chi connectivity index (χ2n) is 5.22. The third-order valence-corrected chi connectivity index (χ3v) is 4.25. The highest BCUT2D eigenvalue weighted by molar-refractivity contribution is 5.78. The quantitative estimate of drug-likeness (QED) is 0.641. The minimum atomic E-state index is -0.254. The molecule has 1 saturated heterocycles. The third-order valence-electron chi connectivity index (χ3n) is 4.25. The summed E-state index contributed by atoms with van der Waals surface area (Å²) in [6.45, 7) is 3.87. The van der Waals surface area contributed by atoms with Crippen molar-refractivity contribution >= 4 is 11.7 Å². The topological polar surface area (TPSA) is 50.4 Å². The van der Waals surface area contributed by atoms with Crippen LogP contribution < -0.4 is 10.6 Å². The molecule has 19 heavy (non-hydrogen) atoms. The second-order valence-corrected chi connectivity index (χ2v) is 5.22. The van der Waals surface area contributed by atoms with E-state index in [1.807, 2.05) is 18.2 Å². The highest BCUT2D eigenvalue weighted by atomic mass is 16.5. The third kappa shape index (κ3) is 1.67. The van der Waals surface area contributed by atoms with Gasteiger partial charge in [0.25, 0.3) is 0 Å². The molecule has 0 amide bonds. The lowest BCUT2D eigenvalue weighted by Gasteiger charge is -2.27. The van der Waals surface area contributed by atoms with Gasteiger partial charge in [0, 0.05) is 11.1 Å². The minimum Gasteiger partial charge on any atom is -0.468 e. The van der Waals surface area contributed by atoms with Crippen molar-refractivity contribution in [1.82, 2.24) is 5.32 Å². The van der Waals surface area contributed by atoms with Crippen molar-refractivity contribution in [2.45, 2.75) is 30.5 Å². The lowest BCUT2D eigenvalue weighted by molar-refractivity contribution is -0.142. The number of carbonyl (C=O) groups excluding carboxylic acids is 1. The predicted octanol–water partition coefficient (Wildman–Crippen LogP) is 1.79. The number of para-hydroxylation sites is 1. The zero-order valence-electron chi connectivity index (χ0n) is 11.0. The van der Waals surface area contributed by atoms with E-state index >= 15 is 0 Å². The molecule has 0 aromatic heterocycles. The molecule has 4 nitrogen and oxygen atoms in total. The van der Waals surface area contributed by atoms with Crippen molar-refractivity contribution in [2.75, 3.05) is 12.4 Å². The van der Waals surface area contributed by atoms with Crippen LogP contribution in [0.4, 0.5) is 5.69 Å². The smallest absolute Gasteiger partial charge is 0.322 e. The first-order valence-electron chi connectivity index (χ1n) is 6.52. The van der Waals surface area contributed by atoms with E-state index in [2.05, 4.69) is 29.3 Å². The molecule has 0 spiro atoms. The van der Waals surface area contributed by atoms with E-state index < -0.39 is 0 Å². The van der Waals surface area contributed by atoms with Gasteiger partial charge in [0.15, 0.2) is 0 Å². The van der Waals surface area contributed by atoms with E-state index in [-0.39, 0.29) is 23.6 Å². The summed E-state index contributed by atoms with van der Waals surface area (Å²) in [5, 5.41) is 6.81. The fourth-order valence-electron chi connectivity index (χ4n) is 3.41. The monoisotopic (exact) mass is 258 g/mol. The number of anilines is 1. The number of allylic oxidation sites excluding steroid dienone is 1. The van der Waals surface area contributed by atoms with Crippen LogP contribution in [0.25, 0.3) is 0 Å². The molecule has 0 radical (unpaired) electrons. The van der Waals surface area contributed by atoms with Gasteiger partial charge in [-0.05, 0) is 24.5 Å². The van der Waals surface area contributed by atoms with E-state index in [0.29, 0.717) is 0 Å². The van der Waals surface area contributed by atoms with Gasteiger partial charge < -0.3 is 10.1 Å². The summed E-state index contributed by atoms with van der Waals surface area (Å²) in [5.74, 6) is -0.197. The number of nitrogens with one attached hydrogen (secondary N) is 2. The molecule has 2 aliphatic heterocycles. The van der Waals surface area contributed by atoms with Crippen molar-refractivity contribution < 1.29 is 9.53 Å². The molecule has 1 fully saturated rings. The zero-order valence-corrected chi connectivity index (χ0v) is 11.0. The maximum absolute atomic E-state index is 11.8. The van der Waals surface area contributed by atoms with E-state index in [1.54, 1.807) is 0 Å². The molecule has 100 valence electrons. The number of methoxy groups -OCH3 is 1. The van der Waals surface area contributed by atoms with Crippen molar-refractivity contribution in [1.29, 1.82) is 0 Å². The summed E-state index contributed by atoms with van der Waals surface area (Å²) in [5.41, 5.74) is 2.31. The number of esters is 1. The van der Waals surface area contributed by atoms with Gasteiger partial charge in [-0.3, -0.25) is 10.1 Å². The van der Waals surface area contributed by atoms with Crippen molar-refractivity contribution in [2.24, 2.45) is 0 Å². The fraction of sp³-hybridized carbons (Fsp3) is 0.400. The summed E-state index contributed by atoms with van der Waals surface area (Å²) in [6, 6.07) is 8.02. The zero-order chi connectivity index (χ0) is 13.5. The Hall–Kier alpha value is -1.81. The van der Waals surface area contributed by atoms with Gasteiger partial charge in [-0.25, -0.2) is 0 Å². The van der Waals surface area contributed by atoms with Crippen molar-refractivity contribution in [3.63, 3.8) is 0 Å². The molecule has 3 atom stereocenters. The second kappa shape index (κ2) is 4.38. The van der Waals surface area contributed by atoms with Crippen LogP contribution in [0.3, 0.4) is 0 Å². The van der Waals surface area contributed by atoms with Gasteiger partial charge in [0.2, 0.25) is 0 Å². The molecular formula is C15H18N2O2. The van der Waals surface area contributed by atoms with Gasteiger partial charge in [0.05, 0.1) is 13.3 Å². The Morgan fingerprint density at radius 3 is 3.11 bits per heavy atom. The van der Waals surface area contributed by atoms with E-state index in [4.69, 9.17) is 4.74 Å². The lowest BCUT2D eigenvalue weighted by atomic mass is 9.75. The molecule has 3 rings (SSSR count). The number of carbonyl (C=O) groups is 1. The van der Waals surface area contributed by atoms with Crippen LogP contribution in [0.15, 0.2) is 36.9 Å². The highest BCUT2D eigenvalue weighted by Gasteiger charge is 2.54. The molecule has 0 unspecified atom stereocenters. The average molecular weight is 258 g/mol. The summed E-state index contributed by atoms with van der Waals surface area (Å²) >= 11 is 0. The van der Waals surface area contributed by atoms with Crippen LogP contribution in [-0.2, 0) is 14.9 Å². The van der Waals surface area contributed by atoms with Gasteiger partial charge >= 0.3 is 5.97 Å². The normalized spacial score (nSPS) is 31.2. The van der Waals surface area contributed by atoms with E-state index in [9.17, 15) is 4.79 Å². The van der Waals surface area contributed by atoms with Crippen LogP contribution in [-0.4, -0.2) is 25.3 Å². The van der Waals surface area contributed by atoms with Crippen molar-refractivity contribution in [3.8, 4) is 0 Å². The van der Waals surface area contributed by atoms with Gasteiger partial charge in [-0.2, -0.15) is 0 Å². The van der Waals surface area contributed by atoms with Crippen LogP contribution >= 0.6 is 0 Å². The fourth-order valence-corrected chi connectivity index (χ4v) is 3.41. The molecule has 2 heterocycles. The Balaban J connectivity index is 2.00. The number of hydrogen-bond donors (Lipinski definition) is 2. The molecule has 0 saturated carbocycles. The molecule has 2 N–H and O–H groups in total. The van der Waals surface area contributed by atoms with Crippen molar-refractivity contribution in [3.05, 3.63) is 42.5 Å². The largest absolute Gasteiger partial charge is 0.468 e. The Morgan fingerprint density at radius 1 is 1.58 bits per heavy atom. The first kappa shape index (κ1) is 12.2. The number of fused-ring (bicyclic) bond motifs is 3. The Kier molecular flexibility index (Phi) is 2.82. The van der Waals surface area contributed by atoms with Gasteiger partial charge in [-0.1, -0.05) is 24.3 Å². The van der Waals surface area contributed by atoms with Crippen LogP contribution in [0.2, 0.25) is 0 Å². The van der Waals surface area contributed by atoms with Crippen LogP contribution in [0.1, 0.15) is 18.4 Å². The molecule has 1 aromatic rings. The Bertz CT molecular complexity index is 529. The first-order chi connectivity index (χ1) is 9.21. The highest BCUT2D eigenvalue weighted by Crippen LogP contribution is 2.49. The van der Waals surface area contributed by atoms with E-state index in [0.717, 1.165) is 18.5 Å². The molecule has 2 aliphatic rings. The lowest BCUT2D eigenvalue weighted by Crippen LogP contribution is -2.42. The standard InChI is InChI=1S/C15H18N2O2/c1-3-8-15-9-12(13(18)19-2)17-14(15)16-11-7-5-4-6-10(11)15/h3-7,12,14,16-17H,1,8-9H2,2H3/t12-,14+,15+/m0/s1. The summed E-state index contributed by atoms with van der Waals surface area (Å²) < 4.78 is 4.86. The number of hydrogen-bond acceptors (Lipinski definition) is 4. The predicted molar refractivity (Wildman–Crippen MR) is 73.9 cm³/mol. The Labute approximate surface area is 112 Å². The SMILES string of the molecule is C=CC[C@]12C[C@@H](C(=O)OC)N[C@H]1Nc1ccccc12. The van der Waals surface area contributed by atoms with Gasteiger partial charge in [-0.15, -0.1) is 6.58 Å². The maximum Gasteiger partial charge on any atom is 0.322 e. The van der Waals surface area contributed by atoms with Gasteiger partial charge in [0.1, 0.15) is 6.04 Å². The number of ether oxygens (including phenoxy) is 1. The molecule has 4 heteroatoms. The number of rotatable bonds is 3. The molecule has 0 bridgehead atoms. The molecule has 1 aromatic carbocycles. The Morgan fingerprint density at radius 2 is 2.37 bits per heavy atom. The first-order valence-corrected chi connectivity index (χ1v) is 6.52. The average Bonchev–Trinajstić information content (AvgIpc) is 2.91. The summed E-state index contributed by atoms with van der Waals surface area (Å²) in [4.78, 5) is 11.8. The summed E-state index contributed by atoms with van der Waals surface area (Å²) in [6.07, 6.45) is 3.56.